The van der Waals surface area contributed by atoms with Crippen molar-refractivity contribution in [1.29, 1.82) is 0 Å². The molecule has 1 aromatic heterocycles. The van der Waals surface area contributed by atoms with Crippen LogP contribution in [0.25, 0.3) is 0 Å². The molecule has 0 spiro atoms. The van der Waals surface area contributed by atoms with Crippen LogP contribution in [0.2, 0.25) is 5.02 Å². The molecule has 20 heavy (non-hydrogen) atoms. The van der Waals surface area contributed by atoms with E-state index in [2.05, 4.69) is 4.98 Å². The summed E-state index contributed by atoms with van der Waals surface area (Å²) in [5, 5.41) is 9.82. The number of methoxy groups -OCH3 is 1. The van der Waals surface area contributed by atoms with Crippen LogP contribution >= 0.6 is 11.6 Å². The van der Waals surface area contributed by atoms with Gasteiger partial charge in [-0.1, -0.05) is 17.7 Å². The quantitative estimate of drug-likeness (QED) is 0.919. The van der Waals surface area contributed by atoms with Gasteiger partial charge < -0.3 is 9.84 Å². The SMILES string of the molecule is COc1ccc(C(Cc2ccncc2)C(=O)O)cc1Cl. The van der Waals surface area contributed by atoms with Crippen LogP contribution in [-0.4, -0.2) is 23.2 Å². The molecule has 4 nitrogen and oxygen atoms in total. The van der Waals surface area contributed by atoms with Crippen LogP contribution in [0.1, 0.15) is 17.0 Å². The number of carboxylic acids is 1. The summed E-state index contributed by atoms with van der Waals surface area (Å²) in [7, 11) is 1.52. The van der Waals surface area contributed by atoms with E-state index >= 15 is 0 Å². The lowest BCUT2D eigenvalue weighted by Gasteiger charge is -2.14. The summed E-state index contributed by atoms with van der Waals surface area (Å²) in [6.07, 6.45) is 3.69. The van der Waals surface area contributed by atoms with E-state index in [1.54, 1.807) is 42.7 Å². The van der Waals surface area contributed by atoms with Gasteiger partial charge in [0.25, 0.3) is 0 Å². The average Bonchev–Trinajstić information content (AvgIpc) is 2.45. The first-order valence-corrected chi connectivity index (χ1v) is 6.44. The second kappa shape index (κ2) is 6.39. The summed E-state index contributed by atoms with van der Waals surface area (Å²) in [6.45, 7) is 0. The van der Waals surface area contributed by atoms with Crippen LogP contribution in [-0.2, 0) is 11.2 Å². The van der Waals surface area contributed by atoms with Gasteiger partial charge in [0.05, 0.1) is 18.1 Å². The Balaban J connectivity index is 2.29. The molecule has 1 N–H and O–H groups in total. The summed E-state index contributed by atoms with van der Waals surface area (Å²) in [5.41, 5.74) is 1.57. The van der Waals surface area contributed by atoms with E-state index in [1.165, 1.54) is 7.11 Å². The Morgan fingerprint density at radius 1 is 1.35 bits per heavy atom. The maximum atomic E-state index is 11.5. The standard InChI is InChI=1S/C15H14ClNO3/c1-20-14-3-2-11(9-13(14)16)12(15(18)19)8-10-4-6-17-7-5-10/h2-7,9,12H,8H2,1H3,(H,18,19). The molecule has 0 radical (unpaired) electrons. The van der Waals surface area contributed by atoms with Crippen molar-refractivity contribution < 1.29 is 14.6 Å². The highest BCUT2D eigenvalue weighted by Crippen LogP contribution is 2.30. The van der Waals surface area contributed by atoms with Crippen molar-refractivity contribution in [2.24, 2.45) is 0 Å². The van der Waals surface area contributed by atoms with Crippen molar-refractivity contribution in [3.63, 3.8) is 0 Å². The molecule has 1 atom stereocenters. The summed E-state index contributed by atoms with van der Waals surface area (Å²) in [4.78, 5) is 15.4. The summed E-state index contributed by atoms with van der Waals surface area (Å²) < 4.78 is 5.07. The molecule has 0 bridgehead atoms. The van der Waals surface area contributed by atoms with Gasteiger partial charge in [0.2, 0.25) is 0 Å². The van der Waals surface area contributed by atoms with Gasteiger partial charge >= 0.3 is 5.97 Å². The summed E-state index contributed by atoms with van der Waals surface area (Å²) in [5.74, 6) is -1.01. The van der Waals surface area contributed by atoms with Crippen LogP contribution < -0.4 is 4.74 Å². The minimum absolute atomic E-state index is 0.389. The van der Waals surface area contributed by atoms with E-state index in [4.69, 9.17) is 16.3 Å². The predicted molar refractivity (Wildman–Crippen MR) is 76.3 cm³/mol. The zero-order valence-electron chi connectivity index (χ0n) is 10.9. The number of nitrogens with zero attached hydrogens (tertiary/aromatic N) is 1. The molecule has 0 aliphatic carbocycles. The number of carboxylic acid groups (broad SMARTS) is 1. The first kappa shape index (κ1) is 14.3. The highest BCUT2D eigenvalue weighted by atomic mass is 35.5. The van der Waals surface area contributed by atoms with Crippen molar-refractivity contribution in [1.82, 2.24) is 4.98 Å². The lowest BCUT2D eigenvalue weighted by atomic mass is 9.92. The third kappa shape index (κ3) is 3.27. The van der Waals surface area contributed by atoms with Crippen LogP contribution in [0.3, 0.4) is 0 Å². The minimum Gasteiger partial charge on any atom is -0.495 e. The Bertz CT molecular complexity index is 601. The number of ether oxygens (including phenoxy) is 1. The fourth-order valence-electron chi connectivity index (χ4n) is 2.00. The molecule has 104 valence electrons. The zero-order valence-corrected chi connectivity index (χ0v) is 11.7. The Labute approximate surface area is 122 Å². The van der Waals surface area contributed by atoms with E-state index in [9.17, 15) is 9.90 Å². The Morgan fingerprint density at radius 3 is 2.60 bits per heavy atom. The monoisotopic (exact) mass is 291 g/mol. The Kier molecular flexibility index (Phi) is 4.58. The number of halogens is 1. The predicted octanol–water partition coefficient (Wildman–Crippen LogP) is 3.15. The number of carbonyl (C=O) groups is 1. The molecule has 2 aromatic rings. The largest absolute Gasteiger partial charge is 0.495 e. The number of aliphatic carboxylic acids is 1. The topological polar surface area (TPSA) is 59.4 Å². The number of rotatable bonds is 5. The Hall–Kier alpha value is -2.07. The molecule has 1 heterocycles. The van der Waals surface area contributed by atoms with Crippen LogP contribution in [0.5, 0.6) is 5.75 Å². The van der Waals surface area contributed by atoms with Gasteiger partial charge in [-0.05, 0) is 41.8 Å². The average molecular weight is 292 g/mol. The molecule has 1 unspecified atom stereocenters. The smallest absolute Gasteiger partial charge is 0.311 e. The van der Waals surface area contributed by atoms with Crippen molar-refractivity contribution in [3.05, 3.63) is 58.9 Å². The molecule has 2 rings (SSSR count). The van der Waals surface area contributed by atoms with E-state index < -0.39 is 11.9 Å². The van der Waals surface area contributed by atoms with Crippen LogP contribution in [0.4, 0.5) is 0 Å². The molecule has 0 amide bonds. The van der Waals surface area contributed by atoms with Gasteiger partial charge in [0.15, 0.2) is 0 Å². The minimum atomic E-state index is -0.886. The number of benzene rings is 1. The van der Waals surface area contributed by atoms with Gasteiger partial charge in [0, 0.05) is 12.4 Å². The molecule has 0 aliphatic rings. The molecule has 1 aromatic carbocycles. The molecule has 0 aliphatic heterocycles. The second-order valence-corrected chi connectivity index (χ2v) is 4.75. The van der Waals surface area contributed by atoms with Crippen molar-refractivity contribution in [2.45, 2.75) is 12.3 Å². The lowest BCUT2D eigenvalue weighted by Crippen LogP contribution is -2.14. The first-order chi connectivity index (χ1) is 9.61. The van der Waals surface area contributed by atoms with Crippen molar-refractivity contribution in [3.8, 4) is 5.75 Å². The molecular weight excluding hydrogens is 278 g/mol. The maximum absolute atomic E-state index is 11.5. The normalized spacial score (nSPS) is 11.9. The second-order valence-electron chi connectivity index (χ2n) is 4.34. The summed E-state index contributed by atoms with van der Waals surface area (Å²) >= 11 is 6.05. The van der Waals surface area contributed by atoms with E-state index in [0.29, 0.717) is 22.8 Å². The zero-order chi connectivity index (χ0) is 14.5. The Morgan fingerprint density at radius 2 is 2.05 bits per heavy atom. The highest BCUT2D eigenvalue weighted by molar-refractivity contribution is 6.32. The number of aromatic nitrogens is 1. The van der Waals surface area contributed by atoms with Crippen LogP contribution in [0, 0.1) is 0 Å². The lowest BCUT2D eigenvalue weighted by molar-refractivity contribution is -0.138. The first-order valence-electron chi connectivity index (χ1n) is 6.07. The number of pyridine rings is 1. The molecule has 0 fully saturated rings. The number of hydrogen-bond acceptors (Lipinski definition) is 3. The van der Waals surface area contributed by atoms with E-state index in [0.717, 1.165) is 5.56 Å². The van der Waals surface area contributed by atoms with Crippen LogP contribution in [0.15, 0.2) is 42.7 Å². The highest BCUT2D eigenvalue weighted by Gasteiger charge is 2.21. The fraction of sp³-hybridized carbons (Fsp3) is 0.200. The van der Waals surface area contributed by atoms with Gasteiger partial charge in [-0.25, -0.2) is 0 Å². The number of hydrogen-bond donors (Lipinski definition) is 1. The molecule has 0 saturated heterocycles. The van der Waals surface area contributed by atoms with Gasteiger partial charge in [-0.15, -0.1) is 0 Å². The van der Waals surface area contributed by atoms with E-state index in [-0.39, 0.29) is 0 Å². The van der Waals surface area contributed by atoms with Gasteiger partial charge in [-0.3, -0.25) is 9.78 Å². The van der Waals surface area contributed by atoms with Crippen molar-refractivity contribution >= 4 is 17.6 Å². The van der Waals surface area contributed by atoms with Gasteiger partial charge in [0.1, 0.15) is 5.75 Å². The fourth-order valence-corrected chi connectivity index (χ4v) is 2.27. The molecule has 0 saturated carbocycles. The van der Waals surface area contributed by atoms with Gasteiger partial charge in [-0.2, -0.15) is 0 Å². The summed E-state index contributed by atoms with van der Waals surface area (Å²) in [6, 6.07) is 8.66. The maximum Gasteiger partial charge on any atom is 0.311 e. The third-order valence-electron chi connectivity index (χ3n) is 3.07. The molecular formula is C15H14ClNO3. The molecule has 5 heteroatoms. The third-order valence-corrected chi connectivity index (χ3v) is 3.36. The van der Waals surface area contributed by atoms with Crippen molar-refractivity contribution in [2.75, 3.05) is 7.11 Å². The van der Waals surface area contributed by atoms with E-state index in [1.807, 2.05) is 0 Å².